The summed E-state index contributed by atoms with van der Waals surface area (Å²) in [6.45, 7) is 3.71. The number of phenolic OH excluding ortho intramolecular Hbond substituents is 1. The molecule has 0 bridgehead atoms. The summed E-state index contributed by atoms with van der Waals surface area (Å²) in [5.74, 6) is -1.36. The van der Waals surface area contributed by atoms with E-state index in [2.05, 4.69) is 5.32 Å². The van der Waals surface area contributed by atoms with Crippen molar-refractivity contribution < 1.29 is 24.2 Å². The molecule has 1 saturated heterocycles. The Labute approximate surface area is 155 Å². The largest absolute Gasteiger partial charge is 0.504 e. The Morgan fingerprint density at radius 2 is 1.70 bits per heavy atom. The molecule has 0 saturated carbocycles. The third-order valence-electron chi connectivity index (χ3n) is 4.08. The predicted molar refractivity (Wildman–Crippen MR) is 99.6 cm³/mol. The van der Waals surface area contributed by atoms with Gasteiger partial charge in [0.2, 0.25) is 0 Å². The van der Waals surface area contributed by atoms with E-state index >= 15 is 0 Å². The van der Waals surface area contributed by atoms with E-state index < -0.39 is 17.8 Å². The third kappa shape index (κ3) is 3.52. The van der Waals surface area contributed by atoms with Crippen LogP contribution >= 0.6 is 0 Å². The number of imide groups is 2. The molecule has 2 aromatic rings. The normalized spacial score (nSPS) is 15.9. The molecule has 0 atom stereocenters. The fourth-order valence-electron chi connectivity index (χ4n) is 2.92. The van der Waals surface area contributed by atoms with Gasteiger partial charge in [-0.1, -0.05) is 12.1 Å². The van der Waals surface area contributed by atoms with Crippen LogP contribution < -0.4 is 15.0 Å². The van der Waals surface area contributed by atoms with Crippen LogP contribution in [-0.4, -0.2) is 30.1 Å². The molecule has 0 spiro atoms. The second-order valence-electron chi connectivity index (χ2n) is 6.24. The first kappa shape index (κ1) is 18.2. The van der Waals surface area contributed by atoms with Crippen LogP contribution in [0.15, 0.2) is 42.0 Å². The lowest BCUT2D eigenvalue weighted by molar-refractivity contribution is -0.122. The average Bonchev–Trinajstić information content (AvgIpc) is 2.59. The highest BCUT2D eigenvalue weighted by Gasteiger charge is 2.36. The summed E-state index contributed by atoms with van der Waals surface area (Å²) in [6, 6.07) is 8.92. The summed E-state index contributed by atoms with van der Waals surface area (Å²) in [5.41, 5.74) is 2.43. The van der Waals surface area contributed by atoms with Gasteiger partial charge in [-0.2, -0.15) is 0 Å². The van der Waals surface area contributed by atoms with Crippen molar-refractivity contribution >= 4 is 29.6 Å². The Kier molecular flexibility index (Phi) is 4.68. The first-order valence-electron chi connectivity index (χ1n) is 8.17. The molecule has 1 heterocycles. The number of aromatic hydroxyl groups is 1. The molecular formula is C20H18N2O5. The Morgan fingerprint density at radius 3 is 2.33 bits per heavy atom. The number of ether oxygens (including phenoxy) is 1. The molecule has 1 aliphatic rings. The molecule has 0 unspecified atom stereocenters. The van der Waals surface area contributed by atoms with Gasteiger partial charge >= 0.3 is 6.03 Å². The standard InChI is InChI=1S/C20H18N2O5/c1-11-6-12(2)8-14(7-11)22-19(25)15(18(24)21-20(22)26)9-13-4-5-16(23)17(10-13)27-3/h4-10,23H,1-3H3,(H,21,24,26). The number of nitrogens with one attached hydrogen (secondary N) is 1. The molecule has 138 valence electrons. The first-order valence-corrected chi connectivity index (χ1v) is 8.17. The summed E-state index contributed by atoms with van der Waals surface area (Å²) < 4.78 is 5.03. The number of aryl methyl sites for hydroxylation is 2. The SMILES string of the molecule is COc1cc(C=C2C(=O)NC(=O)N(c3cc(C)cc(C)c3)C2=O)ccc1O. The first-order chi connectivity index (χ1) is 12.8. The quantitative estimate of drug-likeness (QED) is 0.643. The minimum atomic E-state index is -0.796. The third-order valence-corrected chi connectivity index (χ3v) is 4.08. The number of methoxy groups -OCH3 is 1. The van der Waals surface area contributed by atoms with Gasteiger partial charge in [-0.15, -0.1) is 0 Å². The van der Waals surface area contributed by atoms with E-state index in [4.69, 9.17) is 4.74 Å². The molecule has 7 heteroatoms. The number of amides is 4. The van der Waals surface area contributed by atoms with E-state index in [-0.39, 0.29) is 17.1 Å². The number of anilines is 1. The van der Waals surface area contributed by atoms with Crippen LogP contribution in [0.3, 0.4) is 0 Å². The number of hydrogen-bond acceptors (Lipinski definition) is 5. The monoisotopic (exact) mass is 366 g/mol. The fraction of sp³-hybridized carbons (Fsp3) is 0.150. The lowest BCUT2D eigenvalue weighted by atomic mass is 10.1. The number of rotatable bonds is 3. The molecule has 1 aliphatic heterocycles. The van der Waals surface area contributed by atoms with Crippen molar-refractivity contribution in [2.24, 2.45) is 0 Å². The second kappa shape index (κ2) is 6.95. The van der Waals surface area contributed by atoms with Crippen molar-refractivity contribution in [1.82, 2.24) is 5.32 Å². The van der Waals surface area contributed by atoms with Crippen LogP contribution in [0.5, 0.6) is 11.5 Å². The minimum Gasteiger partial charge on any atom is -0.504 e. The lowest BCUT2D eigenvalue weighted by Crippen LogP contribution is -2.54. The van der Waals surface area contributed by atoms with Crippen molar-refractivity contribution in [3.8, 4) is 11.5 Å². The minimum absolute atomic E-state index is 0.0638. The van der Waals surface area contributed by atoms with Crippen molar-refractivity contribution in [2.45, 2.75) is 13.8 Å². The molecule has 7 nitrogen and oxygen atoms in total. The fourth-order valence-corrected chi connectivity index (χ4v) is 2.92. The zero-order valence-corrected chi connectivity index (χ0v) is 15.1. The topological polar surface area (TPSA) is 95.9 Å². The van der Waals surface area contributed by atoms with Gasteiger partial charge in [0, 0.05) is 0 Å². The molecule has 4 amide bonds. The van der Waals surface area contributed by atoms with Crippen molar-refractivity contribution in [1.29, 1.82) is 0 Å². The summed E-state index contributed by atoms with van der Waals surface area (Å²) in [4.78, 5) is 38.3. The van der Waals surface area contributed by atoms with Crippen molar-refractivity contribution in [2.75, 3.05) is 12.0 Å². The highest BCUT2D eigenvalue weighted by Crippen LogP contribution is 2.28. The zero-order chi connectivity index (χ0) is 19.7. The van der Waals surface area contributed by atoms with Crippen molar-refractivity contribution in [3.05, 3.63) is 58.7 Å². The Hall–Kier alpha value is -3.61. The Balaban J connectivity index is 2.04. The molecular weight excluding hydrogens is 348 g/mol. The van der Waals surface area contributed by atoms with Gasteiger partial charge in [0.15, 0.2) is 11.5 Å². The van der Waals surface area contributed by atoms with Gasteiger partial charge in [-0.05, 0) is 60.9 Å². The number of phenols is 1. The smallest absolute Gasteiger partial charge is 0.335 e. The van der Waals surface area contributed by atoms with Crippen LogP contribution in [0.4, 0.5) is 10.5 Å². The van der Waals surface area contributed by atoms with E-state index in [0.717, 1.165) is 16.0 Å². The number of carbonyl (C=O) groups excluding carboxylic acids is 3. The summed E-state index contributed by atoms with van der Waals surface area (Å²) >= 11 is 0. The maximum atomic E-state index is 12.9. The zero-order valence-electron chi connectivity index (χ0n) is 15.1. The molecule has 2 N–H and O–H groups in total. The number of barbiturate groups is 1. The van der Waals surface area contributed by atoms with E-state index in [9.17, 15) is 19.5 Å². The van der Waals surface area contributed by atoms with E-state index in [1.807, 2.05) is 19.9 Å². The highest BCUT2D eigenvalue weighted by atomic mass is 16.5. The number of nitrogens with zero attached hydrogens (tertiary/aromatic N) is 1. The molecule has 2 aromatic carbocycles. The Morgan fingerprint density at radius 1 is 1.04 bits per heavy atom. The van der Waals surface area contributed by atoms with Crippen molar-refractivity contribution in [3.63, 3.8) is 0 Å². The van der Waals surface area contributed by atoms with Crippen LogP contribution in [0, 0.1) is 13.8 Å². The summed E-state index contributed by atoms with van der Waals surface area (Å²) in [5, 5.41) is 11.9. The molecule has 0 radical (unpaired) electrons. The molecule has 3 rings (SSSR count). The van der Waals surface area contributed by atoms with Crippen LogP contribution in [-0.2, 0) is 9.59 Å². The van der Waals surface area contributed by atoms with Gasteiger partial charge < -0.3 is 9.84 Å². The molecule has 0 aromatic heterocycles. The van der Waals surface area contributed by atoms with Gasteiger partial charge in [0.25, 0.3) is 11.8 Å². The van der Waals surface area contributed by atoms with Crippen LogP contribution in [0.2, 0.25) is 0 Å². The highest BCUT2D eigenvalue weighted by molar-refractivity contribution is 6.39. The van der Waals surface area contributed by atoms with Gasteiger partial charge in [-0.3, -0.25) is 14.9 Å². The number of urea groups is 1. The van der Waals surface area contributed by atoms with Gasteiger partial charge in [-0.25, -0.2) is 9.69 Å². The van der Waals surface area contributed by atoms with Crippen LogP contribution in [0.25, 0.3) is 6.08 Å². The lowest BCUT2D eigenvalue weighted by Gasteiger charge is -2.27. The number of carbonyl (C=O) groups is 3. The number of hydrogen-bond donors (Lipinski definition) is 2. The van der Waals surface area contributed by atoms with Crippen LogP contribution in [0.1, 0.15) is 16.7 Å². The van der Waals surface area contributed by atoms with E-state index in [0.29, 0.717) is 11.3 Å². The second-order valence-corrected chi connectivity index (χ2v) is 6.24. The maximum absolute atomic E-state index is 12.9. The summed E-state index contributed by atoms with van der Waals surface area (Å²) in [6.07, 6.45) is 1.35. The summed E-state index contributed by atoms with van der Waals surface area (Å²) in [7, 11) is 1.39. The molecule has 0 aliphatic carbocycles. The maximum Gasteiger partial charge on any atom is 0.335 e. The molecule has 27 heavy (non-hydrogen) atoms. The van der Waals surface area contributed by atoms with E-state index in [1.54, 1.807) is 12.1 Å². The average molecular weight is 366 g/mol. The number of benzene rings is 2. The van der Waals surface area contributed by atoms with Gasteiger partial charge in [0.05, 0.1) is 12.8 Å². The van der Waals surface area contributed by atoms with E-state index in [1.165, 1.54) is 31.4 Å². The van der Waals surface area contributed by atoms with Gasteiger partial charge in [0.1, 0.15) is 5.57 Å². The molecule has 1 fully saturated rings. The predicted octanol–water partition coefficient (Wildman–Crippen LogP) is 2.68. The Bertz CT molecular complexity index is 974.